The molecule has 0 aliphatic carbocycles. The molecular weight excluding hydrogens is 626 g/mol. The van der Waals surface area contributed by atoms with Gasteiger partial charge < -0.3 is 24.6 Å². The highest BCUT2D eigenvalue weighted by molar-refractivity contribution is 7.89. The molecular formula is C26H26F5N2O8PS. The Kier molecular flexibility index (Phi) is 10.9. The molecule has 4 N–H and O–H groups in total. The van der Waals surface area contributed by atoms with Gasteiger partial charge in [0.2, 0.25) is 15.9 Å². The molecule has 0 fully saturated rings. The van der Waals surface area contributed by atoms with E-state index < -0.39 is 52.9 Å². The third-order valence-electron chi connectivity index (χ3n) is 5.72. The second-order valence-corrected chi connectivity index (χ2v) is 12.3. The van der Waals surface area contributed by atoms with E-state index in [9.17, 15) is 39.7 Å². The number of rotatable bonds is 14. The van der Waals surface area contributed by atoms with Crippen LogP contribution in [0, 0.1) is 0 Å². The minimum atomic E-state index is -5.80. The van der Waals surface area contributed by atoms with Crippen LogP contribution in [0.2, 0.25) is 0 Å². The van der Waals surface area contributed by atoms with E-state index >= 15 is 0 Å². The van der Waals surface area contributed by atoms with Crippen LogP contribution in [0.3, 0.4) is 0 Å². The Hall–Kier alpha value is -3.56. The van der Waals surface area contributed by atoms with Gasteiger partial charge >= 0.3 is 19.6 Å². The maximum atomic E-state index is 14.0. The van der Waals surface area contributed by atoms with Crippen molar-refractivity contribution in [3.8, 4) is 11.5 Å². The van der Waals surface area contributed by atoms with Gasteiger partial charge in [0.1, 0.15) is 17.5 Å². The highest BCUT2D eigenvalue weighted by Gasteiger charge is 2.50. The Labute approximate surface area is 243 Å². The summed E-state index contributed by atoms with van der Waals surface area (Å²) in [5.41, 5.74) is -5.20. The second-order valence-electron chi connectivity index (χ2n) is 8.99. The molecule has 0 radical (unpaired) electrons. The van der Waals surface area contributed by atoms with E-state index in [1.807, 2.05) is 0 Å². The average Bonchev–Trinajstić information content (AvgIpc) is 2.92. The number of carbonyl (C=O) groups is 1. The van der Waals surface area contributed by atoms with Crippen LogP contribution in [-0.4, -0.2) is 49.7 Å². The van der Waals surface area contributed by atoms with Crippen molar-refractivity contribution in [3.05, 3.63) is 90.0 Å². The molecule has 0 saturated carbocycles. The van der Waals surface area contributed by atoms with E-state index in [-0.39, 0.29) is 42.2 Å². The molecule has 1 atom stereocenters. The number of alkyl halides is 5. The maximum Gasteiger partial charge on any atom is 0.573 e. The second kappa shape index (κ2) is 13.8. The summed E-state index contributed by atoms with van der Waals surface area (Å²) in [6.45, 7) is 0.0422. The van der Waals surface area contributed by atoms with E-state index in [2.05, 4.69) is 14.8 Å². The molecule has 1 amide bonds. The predicted octanol–water partition coefficient (Wildman–Crippen LogP) is 4.29. The summed E-state index contributed by atoms with van der Waals surface area (Å²) in [5.74, 6) is -0.957. The van der Waals surface area contributed by atoms with Gasteiger partial charge in [-0.15, -0.1) is 13.2 Å². The van der Waals surface area contributed by atoms with E-state index in [0.29, 0.717) is 0 Å². The monoisotopic (exact) mass is 652 g/mol. The van der Waals surface area contributed by atoms with Gasteiger partial charge in [-0.2, -0.15) is 13.5 Å². The molecule has 0 aromatic heterocycles. The lowest BCUT2D eigenvalue weighted by Crippen LogP contribution is -2.48. The molecule has 0 spiro atoms. The zero-order valence-electron chi connectivity index (χ0n) is 22.0. The normalized spacial score (nSPS) is 13.3. The molecule has 0 aliphatic heterocycles. The lowest BCUT2D eigenvalue weighted by Gasteiger charge is -2.20. The molecule has 234 valence electrons. The molecule has 0 saturated heterocycles. The summed E-state index contributed by atoms with van der Waals surface area (Å²) in [6.07, 6.45) is -4.92. The van der Waals surface area contributed by atoms with Gasteiger partial charge in [-0.1, -0.05) is 42.5 Å². The van der Waals surface area contributed by atoms with Crippen molar-refractivity contribution in [2.75, 3.05) is 13.2 Å². The van der Waals surface area contributed by atoms with Gasteiger partial charge in [0, 0.05) is 12.1 Å². The van der Waals surface area contributed by atoms with Crippen molar-refractivity contribution in [3.63, 3.8) is 0 Å². The van der Waals surface area contributed by atoms with Crippen LogP contribution in [0.15, 0.2) is 83.8 Å². The highest BCUT2D eigenvalue weighted by Crippen LogP contribution is 2.59. The van der Waals surface area contributed by atoms with Crippen molar-refractivity contribution in [1.29, 1.82) is 0 Å². The summed E-state index contributed by atoms with van der Waals surface area (Å²) in [7, 11) is -10.0. The number of halogens is 5. The van der Waals surface area contributed by atoms with E-state index in [1.165, 1.54) is 36.4 Å². The van der Waals surface area contributed by atoms with Gasteiger partial charge in [0.15, 0.2) is 0 Å². The smallest absolute Gasteiger partial charge is 0.494 e. The Balaban J connectivity index is 1.64. The maximum absolute atomic E-state index is 14.0. The Morgan fingerprint density at radius 1 is 0.884 bits per heavy atom. The van der Waals surface area contributed by atoms with E-state index in [0.717, 1.165) is 36.4 Å². The minimum Gasteiger partial charge on any atom is -0.494 e. The molecule has 17 heteroatoms. The average molecular weight is 653 g/mol. The van der Waals surface area contributed by atoms with Crippen LogP contribution >= 0.6 is 7.60 Å². The van der Waals surface area contributed by atoms with Gasteiger partial charge in [0.25, 0.3) is 0 Å². The number of amides is 1. The Morgan fingerprint density at radius 2 is 1.47 bits per heavy atom. The molecule has 43 heavy (non-hydrogen) atoms. The summed E-state index contributed by atoms with van der Waals surface area (Å²) in [6, 6.07) is 14.1. The molecule has 0 bridgehead atoms. The van der Waals surface area contributed by atoms with Crippen LogP contribution < -0.4 is 19.5 Å². The molecule has 3 rings (SSSR count). The van der Waals surface area contributed by atoms with Crippen LogP contribution in [0.4, 0.5) is 22.0 Å². The first-order valence-electron chi connectivity index (χ1n) is 12.3. The number of benzene rings is 3. The SMILES string of the molecule is O=C(NCCCOc1ccc(OC(F)(F)F)cc1)[C@H](Cc1ccc(C(F)(F)P(=O)(O)O)cc1)NS(=O)(=O)c1ccccc1. The van der Waals surface area contributed by atoms with Gasteiger partial charge in [-0.3, -0.25) is 9.36 Å². The molecule has 0 unspecified atom stereocenters. The fourth-order valence-electron chi connectivity index (χ4n) is 3.62. The zero-order chi connectivity index (χ0) is 31.9. The van der Waals surface area contributed by atoms with Crippen LogP contribution in [-0.2, 0) is 31.5 Å². The van der Waals surface area contributed by atoms with Crippen molar-refractivity contribution >= 4 is 23.5 Å². The minimum absolute atomic E-state index is 0.00507. The zero-order valence-corrected chi connectivity index (χ0v) is 23.7. The van der Waals surface area contributed by atoms with Crippen molar-refractivity contribution in [2.45, 2.75) is 35.8 Å². The Morgan fingerprint density at radius 3 is 2.02 bits per heavy atom. The lowest BCUT2D eigenvalue weighted by molar-refractivity contribution is -0.274. The number of sulfonamides is 1. The number of hydrogen-bond donors (Lipinski definition) is 4. The van der Waals surface area contributed by atoms with Gasteiger partial charge in [0.05, 0.1) is 11.5 Å². The summed E-state index contributed by atoms with van der Waals surface area (Å²) >= 11 is 0. The molecule has 0 heterocycles. The summed E-state index contributed by atoms with van der Waals surface area (Å²) in [5, 5.41) is 2.54. The summed E-state index contributed by atoms with van der Waals surface area (Å²) < 4.78 is 113. The number of carbonyl (C=O) groups excluding carboxylic acids is 1. The van der Waals surface area contributed by atoms with Crippen molar-refractivity contribution in [1.82, 2.24) is 10.0 Å². The first-order chi connectivity index (χ1) is 20.0. The third kappa shape index (κ3) is 10.0. The number of hydrogen-bond acceptors (Lipinski definition) is 6. The van der Waals surface area contributed by atoms with Crippen LogP contribution in [0.1, 0.15) is 17.5 Å². The fourth-order valence-corrected chi connectivity index (χ4v) is 5.32. The lowest BCUT2D eigenvalue weighted by atomic mass is 10.0. The van der Waals surface area contributed by atoms with Crippen LogP contribution in [0.5, 0.6) is 11.5 Å². The van der Waals surface area contributed by atoms with Gasteiger partial charge in [-0.25, -0.2) is 8.42 Å². The summed E-state index contributed by atoms with van der Waals surface area (Å²) in [4.78, 5) is 30.7. The topological polar surface area (TPSA) is 151 Å². The van der Waals surface area contributed by atoms with E-state index in [4.69, 9.17) is 14.5 Å². The first-order valence-corrected chi connectivity index (χ1v) is 15.4. The molecule has 3 aromatic carbocycles. The molecule has 3 aromatic rings. The van der Waals surface area contributed by atoms with Crippen LogP contribution in [0.25, 0.3) is 0 Å². The standard InChI is InChI=1S/C26H26F5N2O8PS/c27-25(28,42(35,36)37)19-9-7-18(8-10-19)17-23(33-43(38,39)22-5-2-1-3-6-22)24(34)32-15-4-16-40-20-11-13-21(14-12-20)41-26(29,30)31/h1-3,5-14,23,33H,4,15-17H2,(H,32,34)(H2,35,36,37)/t23-/m0/s1. The largest absolute Gasteiger partial charge is 0.573 e. The quantitative estimate of drug-likeness (QED) is 0.114. The third-order valence-corrected chi connectivity index (χ3v) is 8.20. The van der Waals surface area contributed by atoms with E-state index in [1.54, 1.807) is 6.07 Å². The van der Waals surface area contributed by atoms with Crippen molar-refractivity contribution < 1.29 is 59.0 Å². The van der Waals surface area contributed by atoms with Crippen molar-refractivity contribution in [2.24, 2.45) is 0 Å². The fraction of sp³-hybridized carbons (Fsp3) is 0.269. The number of ether oxygens (including phenoxy) is 2. The first kappa shape index (κ1) is 33.9. The predicted molar refractivity (Wildman–Crippen MR) is 143 cm³/mol. The molecule has 0 aliphatic rings. The molecule has 10 nitrogen and oxygen atoms in total. The highest BCUT2D eigenvalue weighted by atomic mass is 32.2. The Bertz CT molecular complexity index is 1520. The number of nitrogens with one attached hydrogen (secondary N) is 2. The van der Waals surface area contributed by atoms with Gasteiger partial charge in [-0.05, 0) is 54.8 Å².